The second-order valence-electron chi connectivity index (χ2n) is 14.7. The summed E-state index contributed by atoms with van der Waals surface area (Å²) in [6, 6.07) is 14.6. The molecule has 5 atom stereocenters. The van der Waals surface area contributed by atoms with E-state index < -0.39 is 0 Å². The quantitative estimate of drug-likeness (QED) is 0.267. The van der Waals surface area contributed by atoms with Crippen LogP contribution in [0.1, 0.15) is 132 Å². The zero-order valence-electron chi connectivity index (χ0n) is 27.2. The SMILES string of the molecule is C=C(CC)c1ccc2c(c1)N(CC1CCC1C1CCCC(CCC(C)C)C1)CC(c1ccc(C)cc1CCC)CC2. The van der Waals surface area contributed by atoms with Crippen molar-refractivity contribution >= 4 is 11.3 Å². The number of fused-ring (bicyclic) bond motifs is 1. The molecule has 2 saturated carbocycles. The number of allylic oxidation sites excluding steroid dienone is 1. The maximum absolute atomic E-state index is 4.42. The summed E-state index contributed by atoms with van der Waals surface area (Å²) < 4.78 is 0. The summed E-state index contributed by atoms with van der Waals surface area (Å²) in [6.07, 6.45) is 17.6. The van der Waals surface area contributed by atoms with Crippen LogP contribution in [-0.4, -0.2) is 13.1 Å². The minimum absolute atomic E-state index is 0.607. The van der Waals surface area contributed by atoms with Crippen LogP contribution in [0.15, 0.2) is 43.0 Å². The molecule has 0 N–H and O–H groups in total. The van der Waals surface area contributed by atoms with Crippen LogP contribution in [0.4, 0.5) is 5.69 Å². The molecule has 0 radical (unpaired) electrons. The first-order valence-electron chi connectivity index (χ1n) is 17.5. The van der Waals surface area contributed by atoms with Crippen LogP contribution < -0.4 is 4.90 Å². The predicted octanol–water partition coefficient (Wildman–Crippen LogP) is 11.2. The van der Waals surface area contributed by atoms with Gasteiger partial charge in [0.25, 0.3) is 0 Å². The van der Waals surface area contributed by atoms with E-state index in [4.69, 9.17) is 0 Å². The van der Waals surface area contributed by atoms with E-state index in [1.54, 1.807) is 16.7 Å². The van der Waals surface area contributed by atoms with Crippen molar-refractivity contribution in [1.29, 1.82) is 0 Å². The predicted molar refractivity (Wildman–Crippen MR) is 180 cm³/mol. The molecule has 2 aromatic rings. The van der Waals surface area contributed by atoms with Gasteiger partial charge in [0.2, 0.25) is 0 Å². The molecule has 0 amide bonds. The molecule has 1 nitrogen and oxygen atoms in total. The molecule has 2 fully saturated rings. The van der Waals surface area contributed by atoms with Crippen LogP contribution in [0.3, 0.4) is 0 Å². The van der Waals surface area contributed by atoms with Crippen molar-refractivity contribution < 1.29 is 0 Å². The highest BCUT2D eigenvalue weighted by Gasteiger charge is 2.40. The van der Waals surface area contributed by atoms with Crippen LogP contribution in [0.5, 0.6) is 0 Å². The van der Waals surface area contributed by atoms with Crippen molar-refractivity contribution in [3.8, 4) is 0 Å². The highest BCUT2D eigenvalue weighted by molar-refractivity contribution is 5.70. The molecule has 224 valence electrons. The molecular formula is C40H59N. The van der Waals surface area contributed by atoms with Gasteiger partial charge in [-0.05, 0) is 115 Å². The Labute approximate surface area is 253 Å². The Morgan fingerprint density at radius 1 is 1.00 bits per heavy atom. The van der Waals surface area contributed by atoms with Crippen LogP contribution in [0.25, 0.3) is 5.57 Å². The van der Waals surface area contributed by atoms with Crippen LogP contribution in [0, 0.1) is 36.5 Å². The standard InChI is InChI=1S/C40H59N/c1-7-10-34-23-29(5)14-21-38(34)36-19-17-32-16-18-33(30(6)8-2)25-40(32)41(26-36)27-37-20-22-39(37)35-12-9-11-31(24-35)15-13-28(3)4/h14,16,18,21,23,25,28,31,35-37,39H,6-13,15,17,19-20,22,24,26-27H2,1-5H3. The molecule has 5 rings (SSSR count). The van der Waals surface area contributed by atoms with E-state index in [1.807, 2.05) is 0 Å². The van der Waals surface area contributed by atoms with Gasteiger partial charge >= 0.3 is 0 Å². The van der Waals surface area contributed by atoms with Crippen LogP contribution >= 0.6 is 0 Å². The van der Waals surface area contributed by atoms with E-state index in [0.717, 1.165) is 36.0 Å². The van der Waals surface area contributed by atoms with Crippen molar-refractivity contribution in [2.24, 2.45) is 29.6 Å². The van der Waals surface area contributed by atoms with Crippen molar-refractivity contribution in [2.45, 2.75) is 124 Å². The van der Waals surface area contributed by atoms with Gasteiger partial charge in [0.1, 0.15) is 0 Å². The lowest BCUT2D eigenvalue weighted by molar-refractivity contribution is 0.0640. The number of hydrogen-bond donors (Lipinski definition) is 0. The molecule has 2 aliphatic carbocycles. The second-order valence-corrected chi connectivity index (χ2v) is 14.7. The fourth-order valence-corrected chi connectivity index (χ4v) is 8.60. The number of aryl methyl sites for hydroxylation is 3. The van der Waals surface area contributed by atoms with Gasteiger partial charge in [-0.25, -0.2) is 0 Å². The van der Waals surface area contributed by atoms with Gasteiger partial charge in [-0.1, -0.05) is 109 Å². The van der Waals surface area contributed by atoms with Crippen LogP contribution in [-0.2, 0) is 12.8 Å². The average Bonchev–Trinajstić information content (AvgIpc) is 3.13. The van der Waals surface area contributed by atoms with E-state index in [2.05, 4.69) is 82.5 Å². The number of anilines is 1. The summed E-state index contributed by atoms with van der Waals surface area (Å²) in [5.41, 5.74) is 10.3. The van der Waals surface area contributed by atoms with Gasteiger partial charge in [0.15, 0.2) is 0 Å². The highest BCUT2D eigenvalue weighted by Crippen LogP contribution is 2.48. The van der Waals surface area contributed by atoms with Gasteiger partial charge in [-0.3, -0.25) is 0 Å². The summed E-state index contributed by atoms with van der Waals surface area (Å²) in [5, 5.41) is 0. The summed E-state index contributed by atoms with van der Waals surface area (Å²) in [5.74, 6) is 5.23. The first kappa shape index (κ1) is 30.4. The van der Waals surface area contributed by atoms with Gasteiger partial charge in [-0.15, -0.1) is 0 Å². The lowest BCUT2D eigenvalue weighted by atomic mass is 9.61. The van der Waals surface area contributed by atoms with Gasteiger partial charge in [0.05, 0.1) is 0 Å². The normalized spacial score (nSPS) is 26.4. The summed E-state index contributed by atoms with van der Waals surface area (Å²) in [4.78, 5) is 2.87. The minimum Gasteiger partial charge on any atom is -0.370 e. The fraction of sp³-hybridized carbons (Fsp3) is 0.650. The maximum atomic E-state index is 4.42. The van der Waals surface area contributed by atoms with E-state index in [-0.39, 0.29) is 0 Å². The Hall–Kier alpha value is -2.02. The van der Waals surface area contributed by atoms with Gasteiger partial charge in [-0.2, -0.15) is 0 Å². The molecule has 0 bridgehead atoms. The van der Waals surface area contributed by atoms with Crippen molar-refractivity contribution in [1.82, 2.24) is 0 Å². The monoisotopic (exact) mass is 553 g/mol. The van der Waals surface area contributed by atoms with Crippen molar-refractivity contribution in [2.75, 3.05) is 18.0 Å². The third-order valence-corrected chi connectivity index (χ3v) is 11.2. The zero-order chi connectivity index (χ0) is 28.9. The molecule has 5 unspecified atom stereocenters. The van der Waals surface area contributed by atoms with Gasteiger partial charge < -0.3 is 4.90 Å². The Bertz CT molecular complexity index is 1160. The topological polar surface area (TPSA) is 3.24 Å². The molecular weight excluding hydrogens is 494 g/mol. The molecule has 0 aromatic heterocycles. The molecule has 3 aliphatic rings. The Balaban J connectivity index is 1.39. The minimum atomic E-state index is 0.607. The van der Waals surface area contributed by atoms with Crippen molar-refractivity contribution in [3.63, 3.8) is 0 Å². The third kappa shape index (κ3) is 7.32. The largest absolute Gasteiger partial charge is 0.370 e. The van der Waals surface area contributed by atoms with E-state index >= 15 is 0 Å². The van der Waals surface area contributed by atoms with Gasteiger partial charge in [0, 0.05) is 24.7 Å². The van der Waals surface area contributed by atoms with E-state index in [0.29, 0.717) is 5.92 Å². The van der Waals surface area contributed by atoms with E-state index in [9.17, 15) is 0 Å². The summed E-state index contributed by atoms with van der Waals surface area (Å²) in [6.45, 7) is 18.5. The number of rotatable bonds is 11. The summed E-state index contributed by atoms with van der Waals surface area (Å²) in [7, 11) is 0. The average molecular weight is 554 g/mol. The molecule has 1 heterocycles. The zero-order valence-corrected chi connectivity index (χ0v) is 27.2. The molecule has 1 aliphatic heterocycles. The Morgan fingerprint density at radius 2 is 1.85 bits per heavy atom. The lowest BCUT2D eigenvalue weighted by Crippen LogP contribution is -2.43. The lowest BCUT2D eigenvalue weighted by Gasteiger charge is -2.47. The Morgan fingerprint density at radius 3 is 2.59 bits per heavy atom. The molecule has 41 heavy (non-hydrogen) atoms. The second kappa shape index (κ2) is 14.0. The molecule has 0 saturated heterocycles. The number of benzene rings is 2. The fourth-order valence-electron chi connectivity index (χ4n) is 8.60. The van der Waals surface area contributed by atoms with Crippen molar-refractivity contribution in [3.05, 3.63) is 70.8 Å². The number of hydrogen-bond acceptors (Lipinski definition) is 1. The third-order valence-electron chi connectivity index (χ3n) is 11.2. The van der Waals surface area contributed by atoms with Crippen LogP contribution in [0.2, 0.25) is 0 Å². The first-order valence-corrected chi connectivity index (χ1v) is 17.5. The first-order chi connectivity index (χ1) is 19.9. The molecule has 2 aromatic carbocycles. The maximum Gasteiger partial charge on any atom is 0.0405 e. The molecule has 0 spiro atoms. The Kier molecular flexibility index (Phi) is 10.4. The molecule has 1 heteroatoms. The number of nitrogens with zero attached hydrogens (tertiary/aromatic N) is 1. The highest BCUT2D eigenvalue weighted by atomic mass is 15.1. The smallest absolute Gasteiger partial charge is 0.0405 e. The summed E-state index contributed by atoms with van der Waals surface area (Å²) >= 11 is 0. The van der Waals surface area contributed by atoms with E-state index in [1.165, 1.54) is 113 Å².